The van der Waals surface area contributed by atoms with E-state index in [1.165, 1.54) is 18.2 Å². The van der Waals surface area contributed by atoms with E-state index >= 15 is 0 Å². The summed E-state index contributed by atoms with van der Waals surface area (Å²) in [6, 6.07) is 53.6. The molecule has 3 N–H and O–H groups in total. The van der Waals surface area contributed by atoms with E-state index in [0.717, 1.165) is 0 Å². The molecule has 0 aromatic heterocycles. The minimum absolute atomic E-state index is 0. The van der Waals surface area contributed by atoms with Gasteiger partial charge < -0.3 is 15.3 Å². The summed E-state index contributed by atoms with van der Waals surface area (Å²) in [6.07, 6.45) is 3.72. The van der Waals surface area contributed by atoms with Gasteiger partial charge in [0.25, 0.3) is 0 Å². The molecule has 0 bridgehead atoms. The van der Waals surface area contributed by atoms with E-state index in [2.05, 4.69) is 0 Å². The monoisotopic (exact) mass is 717 g/mol. The van der Waals surface area contributed by atoms with Crippen molar-refractivity contribution in [1.29, 1.82) is 0 Å². The number of carbonyl (C=O) groups is 3. The molecule has 0 saturated carbocycles. The number of carbonyl (C=O) groups excluding carboxylic acids is 3. The normalized spacial score (nSPS) is 11.0. The van der Waals surface area contributed by atoms with Crippen molar-refractivity contribution >= 4 is 34.6 Å². The number of rotatable bonds is 9. The smallest absolute Gasteiger partial charge is 0.189 e. The molecule has 6 nitrogen and oxygen atoms in total. The van der Waals surface area contributed by atoms with Gasteiger partial charge in [0.1, 0.15) is 17.3 Å². The Hall–Kier alpha value is -6.18. The minimum atomic E-state index is -0.202. The summed E-state index contributed by atoms with van der Waals surface area (Å²) in [7, 11) is 0. The maximum Gasteiger partial charge on any atom is 0.189 e. The van der Waals surface area contributed by atoms with Crippen LogP contribution >= 0.6 is 0 Å². The molecule has 0 aliphatic heterocycles. The van der Waals surface area contributed by atoms with E-state index in [1.54, 1.807) is 109 Å². The Balaban J connectivity index is 0.000000208. The predicted molar refractivity (Wildman–Crippen MR) is 203 cm³/mol. The number of allylic oxidation sites excluding steroid dienone is 3. The van der Waals surface area contributed by atoms with E-state index in [-0.39, 0.29) is 60.5 Å². The number of benzene rings is 6. The molecule has 7 heteroatoms. The summed E-state index contributed by atoms with van der Waals surface area (Å²) >= 11 is 0. The Morgan fingerprint density at radius 3 is 0.615 bits per heavy atom. The second kappa shape index (κ2) is 21.8. The molecule has 6 aromatic carbocycles. The Labute approximate surface area is 322 Å². The molecule has 0 atom stereocenters. The zero-order valence-electron chi connectivity index (χ0n) is 28.2. The second-order valence-electron chi connectivity index (χ2n) is 10.9. The van der Waals surface area contributed by atoms with Crippen LogP contribution in [0.1, 0.15) is 47.8 Å². The van der Waals surface area contributed by atoms with Crippen LogP contribution in [-0.2, 0) is 25.8 Å². The van der Waals surface area contributed by atoms with Gasteiger partial charge in [0.15, 0.2) is 17.3 Å². The average molecular weight is 718 g/mol. The molecule has 6 rings (SSSR count). The van der Waals surface area contributed by atoms with Crippen LogP contribution in [0.2, 0.25) is 0 Å². The van der Waals surface area contributed by atoms with Crippen LogP contribution in [0.25, 0.3) is 17.3 Å². The van der Waals surface area contributed by atoms with E-state index in [1.807, 2.05) is 72.8 Å². The first-order chi connectivity index (χ1) is 24.8. The standard InChI is InChI=1S/3C15H12O2.Sc/c3*16-14(12-7-3-1-4-8-12)11-15(17)13-9-5-2-6-10-13;/h3*1-11,16H;/b3*14-11-;. The summed E-state index contributed by atoms with van der Waals surface area (Å²) in [4.78, 5) is 35.4. The molecule has 52 heavy (non-hydrogen) atoms. The van der Waals surface area contributed by atoms with E-state index < -0.39 is 0 Å². The van der Waals surface area contributed by atoms with Gasteiger partial charge in [-0.05, 0) is 0 Å². The Morgan fingerprint density at radius 1 is 0.288 bits per heavy atom. The molecule has 6 aromatic rings. The molecule has 0 aliphatic rings. The third-order valence-electron chi connectivity index (χ3n) is 7.19. The van der Waals surface area contributed by atoms with E-state index in [4.69, 9.17) is 0 Å². The molecule has 0 unspecified atom stereocenters. The van der Waals surface area contributed by atoms with Crippen molar-refractivity contribution in [3.05, 3.63) is 234 Å². The minimum Gasteiger partial charge on any atom is -0.507 e. The van der Waals surface area contributed by atoms with Crippen LogP contribution in [-0.4, -0.2) is 32.7 Å². The number of ketones is 3. The van der Waals surface area contributed by atoms with Gasteiger partial charge in [0.2, 0.25) is 0 Å². The molecule has 0 saturated heterocycles. The molecule has 0 aliphatic carbocycles. The molecule has 255 valence electrons. The molecule has 0 heterocycles. The van der Waals surface area contributed by atoms with Crippen molar-refractivity contribution in [2.75, 3.05) is 0 Å². The summed E-state index contributed by atoms with van der Waals surface area (Å²) < 4.78 is 0. The quantitative estimate of drug-likeness (QED) is 0.0780. The molecule has 0 fully saturated rings. The number of aliphatic hydroxyl groups excluding tert-OH is 3. The maximum atomic E-state index is 11.8. The van der Waals surface area contributed by atoms with Gasteiger partial charge in [-0.15, -0.1) is 0 Å². The number of hydrogen-bond acceptors (Lipinski definition) is 6. The van der Waals surface area contributed by atoms with Crippen molar-refractivity contribution in [3.63, 3.8) is 0 Å². The summed E-state index contributed by atoms with van der Waals surface area (Å²) in [5.41, 5.74) is 3.60. The molecule has 0 amide bonds. The van der Waals surface area contributed by atoms with Crippen molar-refractivity contribution in [1.82, 2.24) is 0 Å². The van der Waals surface area contributed by atoms with Crippen LogP contribution in [0.15, 0.2) is 200 Å². The van der Waals surface area contributed by atoms with Crippen LogP contribution in [0.4, 0.5) is 0 Å². The van der Waals surface area contributed by atoms with E-state index in [9.17, 15) is 29.7 Å². The largest absolute Gasteiger partial charge is 0.507 e. The predicted octanol–water partition coefficient (Wildman–Crippen LogP) is 10.4. The van der Waals surface area contributed by atoms with Gasteiger partial charge in [0, 0.05) is 77.5 Å². The fourth-order valence-corrected chi connectivity index (χ4v) is 4.51. The maximum absolute atomic E-state index is 11.8. The zero-order chi connectivity index (χ0) is 36.3. The van der Waals surface area contributed by atoms with Crippen molar-refractivity contribution in [3.8, 4) is 0 Å². The first-order valence-corrected chi connectivity index (χ1v) is 16.0. The third-order valence-corrected chi connectivity index (χ3v) is 7.19. The molecule has 0 spiro atoms. The van der Waals surface area contributed by atoms with Gasteiger partial charge in [-0.3, -0.25) is 14.4 Å². The van der Waals surface area contributed by atoms with Gasteiger partial charge in [-0.25, -0.2) is 0 Å². The van der Waals surface area contributed by atoms with Crippen LogP contribution < -0.4 is 0 Å². The fraction of sp³-hybridized carbons (Fsp3) is 0. The molecular formula is C45H36O6Sc. The van der Waals surface area contributed by atoms with Gasteiger partial charge >= 0.3 is 0 Å². The summed E-state index contributed by atoms with van der Waals surface area (Å²) in [5.74, 6) is -0.649. The first kappa shape index (κ1) is 40.3. The molecule has 1 radical (unpaired) electrons. The van der Waals surface area contributed by atoms with Gasteiger partial charge in [-0.2, -0.15) is 0 Å². The SMILES string of the molecule is O=C(/C=C(\O)c1ccccc1)c1ccccc1.O=C(/C=C(\O)c1ccccc1)c1ccccc1.O=C(/C=C(\O)c1ccccc1)c1ccccc1.[Sc]. The van der Waals surface area contributed by atoms with Crippen molar-refractivity contribution < 1.29 is 55.5 Å². The second-order valence-corrected chi connectivity index (χ2v) is 10.9. The molecular weight excluding hydrogens is 681 g/mol. The van der Waals surface area contributed by atoms with E-state index in [0.29, 0.717) is 33.4 Å². The Bertz CT molecular complexity index is 1830. The van der Waals surface area contributed by atoms with Crippen LogP contribution in [0, 0.1) is 0 Å². The Kier molecular flexibility index (Phi) is 16.9. The Morgan fingerprint density at radius 2 is 0.442 bits per heavy atom. The third kappa shape index (κ3) is 13.3. The topological polar surface area (TPSA) is 112 Å². The van der Waals surface area contributed by atoms with Gasteiger partial charge in [-0.1, -0.05) is 182 Å². The van der Waals surface area contributed by atoms with Crippen molar-refractivity contribution in [2.45, 2.75) is 0 Å². The average Bonchev–Trinajstić information content (AvgIpc) is 3.20. The number of hydrogen-bond donors (Lipinski definition) is 3. The van der Waals surface area contributed by atoms with Gasteiger partial charge in [0.05, 0.1) is 0 Å². The van der Waals surface area contributed by atoms with Crippen LogP contribution in [0.3, 0.4) is 0 Å². The zero-order valence-corrected chi connectivity index (χ0v) is 30.0. The summed E-state index contributed by atoms with van der Waals surface area (Å²) in [6.45, 7) is 0. The number of aliphatic hydroxyl groups is 3. The fourth-order valence-electron chi connectivity index (χ4n) is 4.51. The summed E-state index contributed by atoms with van der Waals surface area (Å²) in [5, 5.41) is 29.4. The van der Waals surface area contributed by atoms with Crippen molar-refractivity contribution in [2.24, 2.45) is 0 Å². The van der Waals surface area contributed by atoms with Crippen LogP contribution in [0.5, 0.6) is 0 Å². The first-order valence-electron chi connectivity index (χ1n) is 16.0.